The molecule has 178 valence electrons. The highest BCUT2D eigenvalue weighted by atomic mass is 32.2. The number of hydrogen-bond donors (Lipinski definition) is 1. The Hall–Kier alpha value is -2.98. The van der Waals surface area contributed by atoms with Gasteiger partial charge < -0.3 is 15.0 Å². The highest BCUT2D eigenvalue weighted by molar-refractivity contribution is 7.89. The summed E-state index contributed by atoms with van der Waals surface area (Å²) in [7, 11) is -3.82. The van der Waals surface area contributed by atoms with Gasteiger partial charge in [-0.1, -0.05) is 13.0 Å². The van der Waals surface area contributed by atoms with Crippen molar-refractivity contribution < 1.29 is 27.1 Å². The van der Waals surface area contributed by atoms with Crippen LogP contribution in [0.25, 0.3) is 0 Å². The maximum Gasteiger partial charge on any atom is 0.338 e. The van der Waals surface area contributed by atoms with Crippen molar-refractivity contribution in [3.05, 3.63) is 59.9 Å². The van der Waals surface area contributed by atoms with Gasteiger partial charge in [0.15, 0.2) is 6.61 Å². The number of halogens is 1. The number of nitrogens with one attached hydrogen (secondary N) is 1. The lowest BCUT2D eigenvalue weighted by Gasteiger charge is -2.35. The van der Waals surface area contributed by atoms with E-state index in [1.807, 2.05) is 18.7 Å². The molecular weight excluding hydrogens is 449 g/mol. The number of esters is 1. The molecule has 1 fully saturated rings. The molecule has 2 aromatic carbocycles. The number of sulfonamides is 1. The molecule has 10 heteroatoms. The fraction of sp³-hybridized carbons (Fsp3) is 0.391. The molecule has 0 aliphatic carbocycles. The van der Waals surface area contributed by atoms with E-state index in [-0.39, 0.29) is 35.4 Å². The predicted molar refractivity (Wildman–Crippen MR) is 122 cm³/mol. The highest BCUT2D eigenvalue weighted by Gasteiger charge is 2.29. The van der Waals surface area contributed by atoms with Crippen molar-refractivity contribution in [1.82, 2.24) is 9.62 Å². The number of benzene rings is 2. The Bertz CT molecular complexity index is 1080. The third kappa shape index (κ3) is 6.29. The topological polar surface area (TPSA) is 96.0 Å². The van der Waals surface area contributed by atoms with E-state index in [2.05, 4.69) is 5.32 Å². The molecule has 2 aromatic rings. The van der Waals surface area contributed by atoms with Crippen LogP contribution < -0.4 is 10.2 Å². The van der Waals surface area contributed by atoms with E-state index in [1.165, 1.54) is 40.7 Å². The van der Waals surface area contributed by atoms with E-state index in [9.17, 15) is 22.4 Å². The van der Waals surface area contributed by atoms with Crippen LogP contribution >= 0.6 is 0 Å². The van der Waals surface area contributed by atoms with E-state index >= 15 is 0 Å². The molecule has 8 nitrogen and oxygen atoms in total. The number of carbonyl (C=O) groups excluding carboxylic acids is 2. The zero-order chi connectivity index (χ0) is 24.0. The fourth-order valence-electron chi connectivity index (χ4n) is 3.40. The van der Waals surface area contributed by atoms with Crippen LogP contribution in [0.3, 0.4) is 0 Å². The standard InChI is InChI=1S/C23H28FN3O5S/c1-3-17(2)25-22(28)16-32-23(29)18-5-4-6-21(15-18)33(30,31)27-13-11-26(12-14-27)20-9-7-19(24)8-10-20/h4-10,15,17H,3,11-14,16H2,1-2H3,(H,25,28). The minimum absolute atomic E-state index is 0.0174. The molecule has 0 saturated carbocycles. The first kappa shape index (κ1) is 24.7. The van der Waals surface area contributed by atoms with Crippen LogP contribution in [0.1, 0.15) is 30.6 Å². The van der Waals surface area contributed by atoms with Crippen molar-refractivity contribution in [2.75, 3.05) is 37.7 Å². The molecule has 33 heavy (non-hydrogen) atoms. The molecular formula is C23H28FN3O5S. The maximum atomic E-state index is 13.1. The first-order chi connectivity index (χ1) is 15.7. The number of amides is 1. The van der Waals surface area contributed by atoms with Crippen molar-refractivity contribution in [3.8, 4) is 0 Å². The SMILES string of the molecule is CCC(C)NC(=O)COC(=O)c1cccc(S(=O)(=O)N2CCN(c3ccc(F)cc3)CC2)c1. The van der Waals surface area contributed by atoms with Crippen molar-refractivity contribution >= 4 is 27.6 Å². The van der Waals surface area contributed by atoms with Crippen LogP contribution in [0, 0.1) is 5.82 Å². The molecule has 1 saturated heterocycles. The van der Waals surface area contributed by atoms with Crippen LogP contribution in [-0.4, -0.2) is 63.4 Å². The predicted octanol–water partition coefficient (Wildman–Crippen LogP) is 2.41. The molecule has 1 atom stereocenters. The zero-order valence-corrected chi connectivity index (χ0v) is 19.5. The number of hydrogen-bond acceptors (Lipinski definition) is 6. The third-order valence-corrected chi connectivity index (χ3v) is 7.39. The highest BCUT2D eigenvalue weighted by Crippen LogP contribution is 2.22. The Kier molecular flexibility index (Phi) is 8.04. The summed E-state index contributed by atoms with van der Waals surface area (Å²) in [4.78, 5) is 26.1. The quantitative estimate of drug-likeness (QED) is 0.587. The lowest BCUT2D eigenvalue weighted by atomic mass is 10.2. The normalized spacial score (nSPS) is 15.7. The Morgan fingerprint density at radius 3 is 2.39 bits per heavy atom. The zero-order valence-electron chi connectivity index (χ0n) is 18.7. The lowest BCUT2D eigenvalue weighted by molar-refractivity contribution is -0.124. The summed E-state index contributed by atoms with van der Waals surface area (Å²) >= 11 is 0. The van der Waals surface area contributed by atoms with E-state index in [1.54, 1.807) is 12.1 Å². The summed E-state index contributed by atoms with van der Waals surface area (Å²) in [5, 5.41) is 2.69. The minimum atomic E-state index is -3.82. The summed E-state index contributed by atoms with van der Waals surface area (Å²) in [6.07, 6.45) is 0.748. The summed E-state index contributed by atoms with van der Waals surface area (Å²) < 4.78 is 45.8. The first-order valence-electron chi connectivity index (χ1n) is 10.8. The molecule has 0 radical (unpaired) electrons. The number of rotatable bonds is 8. The second kappa shape index (κ2) is 10.8. The summed E-state index contributed by atoms with van der Waals surface area (Å²) in [5.41, 5.74) is 0.882. The average molecular weight is 478 g/mol. The summed E-state index contributed by atoms with van der Waals surface area (Å²) in [5.74, 6) is -1.51. The van der Waals surface area contributed by atoms with Crippen LogP contribution in [0.4, 0.5) is 10.1 Å². The van der Waals surface area contributed by atoms with Gasteiger partial charge in [-0.25, -0.2) is 17.6 Å². The van der Waals surface area contributed by atoms with Crippen LogP contribution in [0.2, 0.25) is 0 Å². The number of nitrogens with zero attached hydrogens (tertiary/aromatic N) is 2. The third-order valence-electron chi connectivity index (χ3n) is 5.49. The molecule has 1 N–H and O–H groups in total. The van der Waals surface area contributed by atoms with Crippen LogP contribution in [-0.2, 0) is 19.6 Å². The smallest absolute Gasteiger partial charge is 0.338 e. The lowest BCUT2D eigenvalue weighted by Crippen LogP contribution is -2.48. The molecule has 1 aliphatic rings. The van der Waals surface area contributed by atoms with Gasteiger partial charge in [0.1, 0.15) is 5.82 Å². The molecule has 0 bridgehead atoms. The molecule has 1 unspecified atom stereocenters. The van der Waals surface area contributed by atoms with Gasteiger partial charge in [-0.3, -0.25) is 4.79 Å². The van der Waals surface area contributed by atoms with E-state index < -0.39 is 28.5 Å². The number of ether oxygens (including phenoxy) is 1. The van der Waals surface area contributed by atoms with Gasteiger partial charge in [0, 0.05) is 37.9 Å². The second-order valence-electron chi connectivity index (χ2n) is 7.85. The molecule has 3 rings (SSSR count). The van der Waals surface area contributed by atoms with Crippen molar-refractivity contribution in [2.24, 2.45) is 0 Å². The number of anilines is 1. The van der Waals surface area contributed by atoms with E-state index in [4.69, 9.17) is 4.74 Å². The molecule has 0 aromatic heterocycles. The first-order valence-corrected chi connectivity index (χ1v) is 12.2. The van der Waals surface area contributed by atoms with Crippen LogP contribution in [0.15, 0.2) is 53.4 Å². The fourth-order valence-corrected chi connectivity index (χ4v) is 4.87. The van der Waals surface area contributed by atoms with Gasteiger partial charge in [-0.15, -0.1) is 0 Å². The van der Waals surface area contributed by atoms with Gasteiger partial charge in [-0.05, 0) is 55.8 Å². The second-order valence-corrected chi connectivity index (χ2v) is 9.79. The summed E-state index contributed by atoms with van der Waals surface area (Å²) in [6.45, 7) is 4.74. The number of piperazine rings is 1. The summed E-state index contributed by atoms with van der Waals surface area (Å²) in [6, 6.07) is 11.6. The van der Waals surface area contributed by atoms with Crippen molar-refractivity contribution in [3.63, 3.8) is 0 Å². The van der Waals surface area contributed by atoms with E-state index in [0.717, 1.165) is 12.1 Å². The van der Waals surface area contributed by atoms with E-state index in [0.29, 0.717) is 13.1 Å². The molecule has 1 aliphatic heterocycles. The molecule has 1 amide bonds. The van der Waals surface area contributed by atoms with Crippen LogP contribution in [0.5, 0.6) is 0 Å². The Morgan fingerprint density at radius 2 is 1.76 bits per heavy atom. The van der Waals surface area contributed by atoms with Gasteiger partial charge in [0.25, 0.3) is 5.91 Å². The monoisotopic (exact) mass is 477 g/mol. The number of carbonyl (C=O) groups is 2. The van der Waals surface area contributed by atoms with Gasteiger partial charge in [0.05, 0.1) is 10.5 Å². The average Bonchev–Trinajstić information content (AvgIpc) is 2.83. The maximum absolute atomic E-state index is 13.1. The Labute approximate surface area is 193 Å². The Balaban J connectivity index is 1.62. The van der Waals surface area contributed by atoms with Gasteiger partial charge in [-0.2, -0.15) is 4.31 Å². The van der Waals surface area contributed by atoms with Gasteiger partial charge >= 0.3 is 5.97 Å². The van der Waals surface area contributed by atoms with Crippen molar-refractivity contribution in [1.29, 1.82) is 0 Å². The molecule has 1 heterocycles. The van der Waals surface area contributed by atoms with Gasteiger partial charge in [0.2, 0.25) is 10.0 Å². The minimum Gasteiger partial charge on any atom is -0.452 e. The largest absolute Gasteiger partial charge is 0.452 e. The molecule has 0 spiro atoms. The van der Waals surface area contributed by atoms with Crippen molar-refractivity contribution in [2.45, 2.75) is 31.2 Å². The Morgan fingerprint density at radius 1 is 1.09 bits per heavy atom.